The van der Waals surface area contributed by atoms with Crippen LogP contribution in [0.1, 0.15) is 83.0 Å². The van der Waals surface area contributed by atoms with Crippen molar-refractivity contribution in [3.05, 3.63) is 65.2 Å². The fourth-order valence-electron chi connectivity index (χ4n) is 4.10. The number of nitrogens with one attached hydrogen (secondary N) is 2. The third-order valence-corrected chi connectivity index (χ3v) is 6.01. The molecule has 0 saturated heterocycles. The molecule has 0 aromatic heterocycles. The van der Waals surface area contributed by atoms with Crippen LogP contribution in [0.4, 0.5) is 10.5 Å². The molecule has 0 spiro atoms. The number of carbonyl (C=O) groups is 3. The SMILES string of the molecule is C#Cc1ccccc1C(C(=O)Nc1ccccc1C)N(CCCCCC)C(=O)C(C)NC(=O)OC(C)(C)C. The van der Waals surface area contributed by atoms with E-state index in [0.29, 0.717) is 29.8 Å². The van der Waals surface area contributed by atoms with Crippen LogP contribution in [0.15, 0.2) is 48.5 Å². The van der Waals surface area contributed by atoms with Gasteiger partial charge in [-0.3, -0.25) is 9.59 Å². The molecule has 7 heteroatoms. The largest absolute Gasteiger partial charge is 0.444 e. The van der Waals surface area contributed by atoms with Gasteiger partial charge < -0.3 is 20.3 Å². The van der Waals surface area contributed by atoms with Crippen molar-refractivity contribution in [1.82, 2.24) is 10.2 Å². The number of unbranched alkanes of at least 4 members (excludes halogenated alkanes) is 3. The number of benzene rings is 2. The zero-order valence-corrected chi connectivity index (χ0v) is 23.5. The smallest absolute Gasteiger partial charge is 0.408 e. The van der Waals surface area contributed by atoms with Crippen molar-refractivity contribution in [2.75, 3.05) is 11.9 Å². The maximum absolute atomic E-state index is 13.9. The molecule has 0 radical (unpaired) electrons. The van der Waals surface area contributed by atoms with Gasteiger partial charge in [-0.15, -0.1) is 6.42 Å². The summed E-state index contributed by atoms with van der Waals surface area (Å²) in [6.07, 6.45) is 8.74. The number of anilines is 1. The highest BCUT2D eigenvalue weighted by Crippen LogP contribution is 2.28. The van der Waals surface area contributed by atoms with Gasteiger partial charge in [0.25, 0.3) is 5.91 Å². The molecule has 3 amide bonds. The maximum atomic E-state index is 13.9. The van der Waals surface area contributed by atoms with Gasteiger partial charge in [0.15, 0.2) is 0 Å². The van der Waals surface area contributed by atoms with Gasteiger partial charge >= 0.3 is 6.09 Å². The van der Waals surface area contributed by atoms with Crippen LogP contribution in [0.5, 0.6) is 0 Å². The van der Waals surface area contributed by atoms with Crippen molar-refractivity contribution in [2.24, 2.45) is 0 Å². The fraction of sp³-hybridized carbons (Fsp3) is 0.452. The molecule has 38 heavy (non-hydrogen) atoms. The van der Waals surface area contributed by atoms with Crippen LogP contribution in [0.3, 0.4) is 0 Å². The normalized spacial score (nSPS) is 12.6. The minimum Gasteiger partial charge on any atom is -0.444 e. The minimum atomic E-state index is -1.00. The number of amides is 3. The van der Waals surface area contributed by atoms with Gasteiger partial charge in [0, 0.05) is 17.8 Å². The van der Waals surface area contributed by atoms with Crippen molar-refractivity contribution in [1.29, 1.82) is 0 Å². The summed E-state index contributed by atoms with van der Waals surface area (Å²) < 4.78 is 5.35. The lowest BCUT2D eigenvalue weighted by molar-refractivity contribution is -0.140. The van der Waals surface area contributed by atoms with E-state index >= 15 is 0 Å². The number of hydrogen-bond donors (Lipinski definition) is 2. The number of alkyl carbamates (subject to hydrolysis) is 1. The zero-order valence-electron chi connectivity index (χ0n) is 23.5. The highest BCUT2D eigenvalue weighted by Gasteiger charge is 2.35. The van der Waals surface area contributed by atoms with Gasteiger partial charge in [0.05, 0.1) is 0 Å². The first kappa shape index (κ1) is 30.4. The molecule has 2 unspecified atom stereocenters. The van der Waals surface area contributed by atoms with Gasteiger partial charge in [-0.05, 0) is 64.3 Å². The molecular weight excluding hydrogens is 478 g/mol. The molecule has 0 aliphatic carbocycles. The van der Waals surface area contributed by atoms with Crippen molar-refractivity contribution in [2.45, 2.75) is 84.9 Å². The van der Waals surface area contributed by atoms with Gasteiger partial charge in [-0.25, -0.2) is 4.79 Å². The zero-order chi connectivity index (χ0) is 28.3. The van der Waals surface area contributed by atoms with Crippen LogP contribution in [-0.2, 0) is 14.3 Å². The monoisotopic (exact) mass is 519 g/mol. The molecule has 2 N–H and O–H groups in total. The Morgan fingerprint density at radius 1 is 1.03 bits per heavy atom. The number of carbonyl (C=O) groups excluding carboxylic acids is 3. The quantitative estimate of drug-likeness (QED) is 0.282. The lowest BCUT2D eigenvalue weighted by Crippen LogP contribution is -2.51. The van der Waals surface area contributed by atoms with Crippen LogP contribution >= 0.6 is 0 Å². The van der Waals surface area contributed by atoms with Crippen LogP contribution in [0, 0.1) is 19.3 Å². The Hall–Kier alpha value is -3.79. The molecule has 2 aromatic rings. The van der Waals surface area contributed by atoms with Crippen LogP contribution in [0.2, 0.25) is 0 Å². The first-order valence-electron chi connectivity index (χ1n) is 13.2. The predicted octanol–water partition coefficient (Wildman–Crippen LogP) is 5.98. The maximum Gasteiger partial charge on any atom is 0.408 e. The fourth-order valence-corrected chi connectivity index (χ4v) is 4.10. The molecule has 2 rings (SSSR count). The third-order valence-electron chi connectivity index (χ3n) is 6.01. The first-order valence-corrected chi connectivity index (χ1v) is 13.2. The average Bonchev–Trinajstić information content (AvgIpc) is 2.85. The van der Waals surface area contributed by atoms with Crippen molar-refractivity contribution >= 4 is 23.6 Å². The molecule has 0 saturated carbocycles. The van der Waals surface area contributed by atoms with E-state index in [9.17, 15) is 14.4 Å². The number of para-hydroxylation sites is 1. The number of ether oxygens (including phenoxy) is 1. The Balaban J connectivity index is 2.50. The molecule has 7 nitrogen and oxygen atoms in total. The summed E-state index contributed by atoms with van der Waals surface area (Å²) in [5.74, 6) is 1.88. The van der Waals surface area contributed by atoms with Crippen LogP contribution in [-0.4, -0.2) is 41.0 Å². The molecule has 0 aliphatic rings. The first-order chi connectivity index (χ1) is 18.0. The number of nitrogens with zero attached hydrogens (tertiary/aromatic N) is 1. The number of rotatable bonds is 11. The molecular formula is C31H41N3O4. The van der Waals surface area contributed by atoms with Gasteiger partial charge in [-0.2, -0.15) is 0 Å². The minimum absolute atomic E-state index is 0.323. The van der Waals surface area contributed by atoms with E-state index in [1.807, 2.05) is 31.2 Å². The molecule has 0 fully saturated rings. The van der Waals surface area contributed by atoms with E-state index in [-0.39, 0.29) is 5.91 Å². The highest BCUT2D eigenvalue weighted by molar-refractivity contribution is 5.99. The Kier molecular flexibility index (Phi) is 11.4. The second-order valence-electron chi connectivity index (χ2n) is 10.4. The lowest BCUT2D eigenvalue weighted by Gasteiger charge is -2.34. The van der Waals surface area contributed by atoms with Crippen molar-refractivity contribution in [3.63, 3.8) is 0 Å². The van der Waals surface area contributed by atoms with E-state index in [0.717, 1.165) is 24.8 Å². The molecule has 0 aliphatic heterocycles. The summed E-state index contributed by atoms with van der Waals surface area (Å²) in [6.45, 7) is 11.2. The summed E-state index contributed by atoms with van der Waals surface area (Å²) in [5, 5.41) is 5.62. The number of hydrogen-bond acceptors (Lipinski definition) is 4. The summed E-state index contributed by atoms with van der Waals surface area (Å²) in [5.41, 5.74) is 1.91. The topological polar surface area (TPSA) is 87.7 Å². The Morgan fingerprint density at radius 2 is 1.68 bits per heavy atom. The van der Waals surface area contributed by atoms with E-state index in [4.69, 9.17) is 11.2 Å². The molecule has 0 bridgehead atoms. The van der Waals surface area contributed by atoms with E-state index in [1.165, 1.54) is 4.90 Å². The van der Waals surface area contributed by atoms with Crippen LogP contribution in [0.25, 0.3) is 0 Å². The number of terminal acetylenes is 1. The second kappa shape index (κ2) is 14.2. The molecule has 0 heterocycles. The Bertz CT molecular complexity index is 1150. The van der Waals surface area contributed by atoms with Gasteiger partial charge in [-0.1, -0.05) is 68.5 Å². The summed E-state index contributed by atoms with van der Waals surface area (Å²) >= 11 is 0. The van der Waals surface area contributed by atoms with Gasteiger partial charge in [0.1, 0.15) is 17.7 Å². The third kappa shape index (κ3) is 8.95. The summed E-state index contributed by atoms with van der Waals surface area (Å²) in [6, 6.07) is 12.7. The standard InChI is InChI=1S/C31H41N3O4/c1-8-10-11-16-21-34(29(36)23(4)32-30(37)38-31(5,6)7)27(25-19-14-13-18-24(25)9-2)28(35)33-26-20-15-12-17-22(26)3/h2,12-15,17-20,23,27H,8,10-11,16,21H2,1,3-7H3,(H,32,37)(H,33,35). The van der Waals surface area contributed by atoms with Crippen molar-refractivity contribution in [3.8, 4) is 12.3 Å². The van der Waals surface area contributed by atoms with Crippen LogP contribution < -0.4 is 10.6 Å². The molecule has 204 valence electrons. The second-order valence-corrected chi connectivity index (χ2v) is 10.4. The highest BCUT2D eigenvalue weighted by atomic mass is 16.6. The summed E-state index contributed by atoms with van der Waals surface area (Å²) in [7, 11) is 0. The average molecular weight is 520 g/mol. The van der Waals surface area contributed by atoms with E-state index in [1.54, 1.807) is 52.0 Å². The Labute approximate surface area is 227 Å². The summed E-state index contributed by atoms with van der Waals surface area (Å²) in [4.78, 5) is 41.8. The lowest BCUT2D eigenvalue weighted by atomic mass is 9.97. The van der Waals surface area contributed by atoms with Crippen molar-refractivity contribution < 1.29 is 19.1 Å². The molecule has 2 aromatic carbocycles. The van der Waals surface area contributed by atoms with E-state index in [2.05, 4.69) is 23.5 Å². The number of aryl methyl sites for hydroxylation is 1. The van der Waals surface area contributed by atoms with Gasteiger partial charge in [0.2, 0.25) is 5.91 Å². The predicted molar refractivity (Wildman–Crippen MR) is 152 cm³/mol. The molecule has 2 atom stereocenters. The Morgan fingerprint density at radius 3 is 2.32 bits per heavy atom. The van der Waals surface area contributed by atoms with E-state index < -0.39 is 29.7 Å².